The Morgan fingerprint density at radius 3 is 2.44 bits per heavy atom. The van der Waals surface area contributed by atoms with Crippen molar-refractivity contribution in [3.63, 3.8) is 0 Å². The van der Waals surface area contributed by atoms with Crippen molar-refractivity contribution in [1.29, 1.82) is 5.26 Å². The van der Waals surface area contributed by atoms with Crippen LogP contribution in [0.25, 0.3) is 0 Å². The molecule has 2 nitrogen and oxygen atoms in total. The van der Waals surface area contributed by atoms with Gasteiger partial charge in [0.25, 0.3) is 0 Å². The van der Waals surface area contributed by atoms with E-state index in [9.17, 15) is 4.39 Å². The summed E-state index contributed by atoms with van der Waals surface area (Å²) in [6, 6.07) is 13.5. The van der Waals surface area contributed by atoms with Crippen LogP contribution < -0.4 is 4.74 Å². The van der Waals surface area contributed by atoms with E-state index in [-0.39, 0.29) is 11.6 Å². The molecule has 0 atom stereocenters. The predicted octanol–water partition coefficient (Wildman–Crippen LogP) is 4.05. The van der Waals surface area contributed by atoms with E-state index in [1.165, 1.54) is 6.07 Å². The molecular formula is C15H12FNO. The van der Waals surface area contributed by atoms with Crippen LogP contribution in [0.15, 0.2) is 42.5 Å². The maximum Gasteiger partial charge on any atom is 0.165 e. The third-order valence-electron chi connectivity index (χ3n) is 2.62. The number of nitrogens with zero attached hydrogens (tertiary/aromatic N) is 1. The first-order chi connectivity index (χ1) is 8.72. The van der Waals surface area contributed by atoms with Gasteiger partial charge in [-0.05, 0) is 48.4 Å². The zero-order valence-corrected chi connectivity index (χ0v) is 9.98. The highest BCUT2D eigenvalue weighted by Crippen LogP contribution is 2.25. The van der Waals surface area contributed by atoms with E-state index < -0.39 is 0 Å². The first-order valence-corrected chi connectivity index (χ1v) is 5.69. The molecule has 0 aliphatic carbocycles. The molecule has 0 heterocycles. The zero-order valence-electron chi connectivity index (χ0n) is 9.98. The minimum atomic E-state index is -0.376. The number of hydrogen-bond donors (Lipinski definition) is 0. The fourth-order valence-electron chi connectivity index (χ4n) is 1.57. The van der Waals surface area contributed by atoms with Crippen LogP contribution in [0.4, 0.5) is 4.39 Å². The van der Waals surface area contributed by atoms with Crippen LogP contribution in [-0.4, -0.2) is 0 Å². The highest BCUT2D eigenvalue weighted by Gasteiger charge is 2.05. The SMILES string of the molecule is CCc1ccc(Oc2ccc(C#N)cc2)c(F)c1. The predicted molar refractivity (Wildman–Crippen MR) is 67.0 cm³/mol. The minimum absolute atomic E-state index is 0.192. The van der Waals surface area contributed by atoms with Crippen LogP contribution in [0.5, 0.6) is 11.5 Å². The van der Waals surface area contributed by atoms with Crippen LogP contribution in [0, 0.1) is 17.1 Å². The van der Waals surface area contributed by atoms with E-state index in [0.29, 0.717) is 11.3 Å². The van der Waals surface area contributed by atoms with E-state index in [2.05, 4.69) is 0 Å². The van der Waals surface area contributed by atoms with Gasteiger partial charge in [-0.15, -0.1) is 0 Å². The number of aryl methyl sites for hydroxylation is 1. The lowest BCUT2D eigenvalue weighted by atomic mass is 10.1. The van der Waals surface area contributed by atoms with Crippen molar-refractivity contribution >= 4 is 0 Å². The van der Waals surface area contributed by atoms with Crippen LogP contribution in [-0.2, 0) is 6.42 Å². The Hall–Kier alpha value is -2.34. The van der Waals surface area contributed by atoms with E-state index in [0.717, 1.165) is 12.0 Å². The molecule has 0 fully saturated rings. The molecule has 0 saturated carbocycles. The highest BCUT2D eigenvalue weighted by atomic mass is 19.1. The Balaban J connectivity index is 2.20. The molecule has 0 bridgehead atoms. The lowest BCUT2D eigenvalue weighted by molar-refractivity contribution is 0.441. The summed E-state index contributed by atoms with van der Waals surface area (Å²) >= 11 is 0. The summed E-state index contributed by atoms with van der Waals surface area (Å²) in [4.78, 5) is 0. The average molecular weight is 241 g/mol. The van der Waals surface area contributed by atoms with Gasteiger partial charge < -0.3 is 4.74 Å². The number of benzene rings is 2. The second-order valence-corrected chi connectivity index (χ2v) is 3.86. The molecular weight excluding hydrogens is 229 g/mol. The fourth-order valence-corrected chi connectivity index (χ4v) is 1.57. The van der Waals surface area contributed by atoms with Gasteiger partial charge in [0.1, 0.15) is 5.75 Å². The van der Waals surface area contributed by atoms with E-state index >= 15 is 0 Å². The van der Waals surface area contributed by atoms with Crippen molar-refractivity contribution in [3.8, 4) is 17.6 Å². The first-order valence-electron chi connectivity index (χ1n) is 5.69. The molecule has 0 spiro atoms. The third-order valence-corrected chi connectivity index (χ3v) is 2.62. The number of ether oxygens (including phenoxy) is 1. The number of halogens is 1. The topological polar surface area (TPSA) is 33.0 Å². The van der Waals surface area contributed by atoms with E-state index in [1.54, 1.807) is 30.3 Å². The molecule has 0 aliphatic heterocycles. The standard InChI is InChI=1S/C15H12FNO/c1-2-11-5-8-15(14(16)9-11)18-13-6-3-12(10-17)4-7-13/h3-9H,2H2,1H3. The summed E-state index contributed by atoms with van der Waals surface area (Å²) in [5.74, 6) is 0.327. The highest BCUT2D eigenvalue weighted by molar-refractivity contribution is 5.38. The normalized spacial score (nSPS) is 9.83. The largest absolute Gasteiger partial charge is 0.454 e. The number of hydrogen-bond acceptors (Lipinski definition) is 2. The lowest BCUT2D eigenvalue weighted by Gasteiger charge is -2.07. The molecule has 0 saturated heterocycles. The quantitative estimate of drug-likeness (QED) is 0.812. The Bertz CT molecular complexity index is 584. The van der Waals surface area contributed by atoms with Crippen LogP contribution >= 0.6 is 0 Å². The molecule has 90 valence electrons. The number of nitriles is 1. The van der Waals surface area contributed by atoms with E-state index in [4.69, 9.17) is 10.00 Å². The van der Waals surface area contributed by atoms with Crippen molar-refractivity contribution in [2.24, 2.45) is 0 Å². The van der Waals surface area contributed by atoms with Gasteiger partial charge in [0.05, 0.1) is 11.6 Å². The maximum absolute atomic E-state index is 13.7. The lowest BCUT2D eigenvalue weighted by Crippen LogP contribution is -1.90. The van der Waals surface area contributed by atoms with Gasteiger partial charge in [-0.1, -0.05) is 13.0 Å². The molecule has 18 heavy (non-hydrogen) atoms. The summed E-state index contributed by atoms with van der Waals surface area (Å²) in [5, 5.41) is 8.67. The molecule has 2 rings (SSSR count). The summed E-state index contributed by atoms with van der Waals surface area (Å²) in [6.45, 7) is 1.97. The van der Waals surface area contributed by atoms with Crippen molar-refractivity contribution in [3.05, 3.63) is 59.4 Å². The van der Waals surface area contributed by atoms with Gasteiger partial charge in [0.2, 0.25) is 0 Å². The molecule has 0 aliphatic rings. The monoisotopic (exact) mass is 241 g/mol. The minimum Gasteiger partial charge on any atom is -0.454 e. The Morgan fingerprint density at radius 2 is 1.89 bits per heavy atom. The van der Waals surface area contributed by atoms with E-state index in [1.807, 2.05) is 19.1 Å². The van der Waals surface area contributed by atoms with Gasteiger partial charge in [0.15, 0.2) is 11.6 Å². The van der Waals surface area contributed by atoms with Gasteiger partial charge >= 0.3 is 0 Å². The Labute approximate surface area is 105 Å². The van der Waals surface area contributed by atoms with Gasteiger partial charge in [-0.25, -0.2) is 4.39 Å². The van der Waals surface area contributed by atoms with Gasteiger partial charge in [-0.2, -0.15) is 5.26 Å². The molecule has 0 radical (unpaired) electrons. The van der Waals surface area contributed by atoms with Gasteiger partial charge in [0, 0.05) is 0 Å². The zero-order chi connectivity index (χ0) is 13.0. The maximum atomic E-state index is 13.7. The van der Waals surface area contributed by atoms with Crippen LogP contribution in [0.3, 0.4) is 0 Å². The van der Waals surface area contributed by atoms with Crippen LogP contribution in [0.1, 0.15) is 18.1 Å². The summed E-state index contributed by atoms with van der Waals surface area (Å²) in [5.41, 5.74) is 1.48. The summed E-state index contributed by atoms with van der Waals surface area (Å²) in [7, 11) is 0. The number of rotatable bonds is 3. The van der Waals surface area contributed by atoms with Crippen molar-refractivity contribution in [2.45, 2.75) is 13.3 Å². The molecule has 2 aromatic rings. The first kappa shape index (κ1) is 12.1. The molecule has 0 unspecified atom stereocenters. The van der Waals surface area contributed by atoms with Crippen molar-refractivity contribution < 1.29 is 9.13 Å². The smallest absolute Gasteiger partial charge is 0.165 e. The molecule has 3 heteroatoms. The fraction of sp³-hybridized carbons (Fsp3) is 0.133. The Kier molecular flexibility index (Phi) is 3.59. The average Bonchev–Trinajstić information content (AvgIpc) is 2.42. The van der Waals surface area contributed by atoms with Crippen LogP contribution in [0.2, 0.25) is 0 Å². The second kappa shape index (κ2) is 5.33. The summed E-state index contributed by atoms with van der Waals surface area (Å²) in [6.07, 6.45) is 0.786. The molecule has 0 N–H and O–H groups in total. The Morgan fingerprint density at radius 1 is 1.17 bits per heavy atom. The molecule has 2 aromatic carbocycles. The third kappa shape index (κ3) is 2.67. The molecule has 0 amide bonds. The van der Waals surface area contributed by atoms with Crippen molar-refractivity contribution in [2.75, 3.05) is 0 Å². The van der Waals surface area contributed by atoms with Gasteiger partial charge in [-0.3, -0.25) is 0 Å². The summed E-state index contributed by atoms with van der Waals surface area (Å²) < 4.78 is 19.1. The van der Waals surface area contributed by atoms with Crippen molar-refractivity contribution in [1.82, 2.24) is 0 Å². The molecule has 0 aromatic heterocycles. The second-order valence-electron chi connectivity index (χ2n) is 3.86.